The lowest BCUT2D eigenvalue weighted by Crippen LogP contribution is -2.19. The number of aromatic nitrogens is 2. The van der Waals surface area contributed by atoms with E-state index in [2.05, 4.69) is 15.3 Å². The molecule has 0 aliphatic rings. The topological polar surface area (TPSA) is 127 Å². The van der Waals surface area contributed by atoms with Crippen molar-refractivity contribution in [2.45, 2.75) is 12.8 Å². The van der Waals surface area contributed by atoms with Gasteiger partial charge in [0.15, 0.2) is 0 Å². The van der Waals surface area contributed by atoms with Gasteiger partial charge in [0.1, 0.15) is 0 Å². The molecule has 0 unspecified atom stereocenters. The van der Waals surface area contributed by atoms with Crippen LogP contribution in [-0.4, -0.2) is 21.4 Å². The Labute approximate surface area is 120 Å². The van der Waals surface area contributed by atoms with E-state index in [0.29, 0.717) is 6.54 Å². The smallest absolute Gasteiger partial charge is 0.369 e. The lowest BCUT2D eigenvalue weighted by Gasteiger charge is -2.06. The van der Waals surface area contributed by atoms with Crippen molar-refractivity contribution in [1.29, 1.82) is 0 Å². The minimum absolute atomic E-state index is 0.102. The van der Waals surface area contributed by atoms with Gasteiger partial charge in [-0.15, -0.1) is 0 Å². The molecule has 0 saturated carbocycles. The van der Waals surface area contributed by atoms with Crippen LogP contribution in [0.3, 0.4) is 0 Å². The standard InChI is InChI=1S/C13H15N5O3/c14-13-16-11(10(18(20)21)12(19)17-13)15-8-4-7-9-5-2-1-3-6-9/h1-3,5-6H,4,7-8H2,(H4,14,15,16,17,19). The third kappa shape index (κ3) is 3.78. The first-order valence-electron chi connectivity index (χ1n) is 6.40. The molecule has 0 spiro atoms. The first kappa shape index (κ1) is 14.5. The number of nitrogens with one attached hydrogen (secondary N) is 2. The average molecular weight is 289 g/mol. The number of aryl methyl sites for hydroxylation is 1. The van der Waals surface area contributed by atoms with E-state index < -0.39 is 16.2 Å². The molecular formula is C13H15N5O3. The number of nitro groups is 1. The number of rotatable bonds is 6. The fourth-order valence-electron chi connectivity index (χ4n) is 1.92. The highest BCUT2D eigenvalue weighted by Gasteiger charge is 2.21. The Hall–Kier alpha value is -2.90. The van der Waals surface area contributed by atoms with Gasteiger partial charge in [0, 0.05) is 6.54 Å². The zero-order chi connectivity index (χ0) is 15.2. The van der Waals surface area contributed by atoms with E-state index in [1.54, 1.807) is 0 Å². The summed E-state index contributed by atoms with van der Waals surface area (Å²) in [6.07, 6.45) is 1.57. The van der Waals surface area contributed by atoms with Gasteiger partial charge in [-0.1, -0.05) is 30.3 Å². The maximum absolute atomic E-state index is 11.5. The van der Waals surface area contributed by atoms with Gasteiger partial charge in [-0.3, -0.25) is 19.9 Å². The Kier molecular flexibility index (Phi) is 4.50. The van der Waals surface area contributed by atoms with E-state index in [9.17, 15) is 14.9 Å². The first-order valence-corrected chi connectivity index (χ1v) is 6.40. The van der Waals surface area contributed by atoms with Crippen LogP contribution in [0.1, 0.15) is 12.0 Å². The molecule has 2 aromatic rings. The Morgan fingerprint density at radius 2 is 2.05 bits per heavy atom. The average Bonchev–Trinajstić information content (AvgIpc) is 2.43. The molecular weight excluding hydrogens is 274 g/mol. The summed E-state index contributed by atoms with van der Waals surface area (Å²) in [5, 5.41) is 13.7. The minimum atomic E-state index is -0.863. The second kappa shape index (κ2) is 6.51. The summed E-state index contributed by atoms with van der Waals surface area (Å²) in [5.41, 5.74) is 5.08. The third-order valence-electron chi connectivity index (χ3n) is 2.87. The maximum Gasteiger partial charge on any atom is 0.375 e. The van der Waals surface area contributed by atoms with E-state index in [4.69, 9.17) is 5.73 Å². The van der Waals surface area contributed by atoms with Crippen molar-refractivity contribution in [2.75, 3.05) is 17.6 Å². The molecule has 4 N–H and O–H groups in total. The molecule has 0 amide bonds. The van der Waals surface area contributed by atoms with E-state index >= 15 is 0 Å². The molecule has 0 radical (unpaired) electrons. The van der Waals surface area contributed by atoms with Gasteiger partial charge >= 0.3 is 11.2 Å². The number of anilines is 2. The van der Waals surface area contributed by atoms with E-state index in [-0.39, 0.29) is 11.8 Å². The maximum atomic E-state index is 11.5. The van der Waals surface area contributed by atoms with Crippen molar-refractivity contribution in [2.24, 2.45) is 0 Å². The number of H-pyrrole nitrogens is 1. The molecule has 0 saturated heterocycles. The number of hydrogen-bond donors (Lipinski definition) is 3. The second-order valence-corrected chi connectivity index (χ2v) is 4.42. The summed E-state index contributed by atoms with van der Waals surface area (Å²) >= 11 is 0. The van der Waals surface area contributed by atoms with Crippen LogP contribution in [0.25, 0.3) is 0 Å². The highest BCUT2D eigenvalue weighted by Crippen LogP contribution is 2.16. The molecule has 1 heterocycles. The molecule has 21 heavy (non-hydrogen) atoms. The molecule has 8 nitrogen and oxygen atoms in total. The Bertz CT molecular complexity index is 684. The molecule has 0 bridgehead atoms. The van der Waals surface area contributed by atoms with Gasteiger partial charge in [-0.25, -0.2) is 0 Å². The van der Waals surface area contributed by atoms with Crippen molar-refractivity contribution in [3.63, 3.8) is 0 Å². The Morgan fingerprint density at radius 3 is 2.71 bits per heavy atom. The minimum Gasteiger partial charge on any atom is -0.369 e. The van der Waals surface area contributed by atoms with Crippen molar-refractivity contribution in [1.82, 2.24) is 9.97 Å². The van der Waals surface area contributed by atoms with Crippen LogP contribution in [0.15, 0.2) is 35.1 Å². The van der Waals surface area contributed by atoms with Gasteiger partial charge in [-0.2, -0.15) is 4.98 Å². The fraction of sp³-hybridized carbons (Fsp3) is 0.231. The highest BCUT2D eigenvalue weighted by molar-refractivity contribution is 5.56. The number of nitrogen functional groups attached to an aromatic ring is 1. The lowest BCUT2D eigenvalue weighted by molar-refractivity contribution is -0.385. The Morgan fingerprint density at radius 1 is 1.33 bits per heavy atom. The Balaban J connectivity index is 2.00. The van der Waals surface area contributed by atoms with E-state index in [0.717, 1.165) is 12.8 Å². The van der Waals surface area contributed by atoms with Crippen LogP contribution in [0.2, 0.25) is 0 Å². The van der Waals surface area contributed by atoms with Crippen LogP contribution in [-0.2, 0) is 6.42 Å². The summed E-state index contributed by atoms with van der Waals surface area (Å²) in [4.78, 5) is 27.5. The quantitative estimate of drug-likeness (QED) is 0.418. The summed E-state index contributed by atoms with van der Waals surface area (Å²) in [6, 6.07) is 9.85. The molecule has 0 atom stereocenters. The number of benzene rings is 1. The van der Waals surface area contributed by atoms with Crippen molar-refractivity contribution >= 4 is 17.5 Å². The molecule has 0 aliphatic carbocycles. The van der Waals surface area contributed by atoms with Crippen LogP contribution in [0.5, 0.6) is 0 Å². The summed E-state index contributed by atoms with van der Waals surface area (Å²) in [6.45, 7) is 0.450. The summed E-state index contributed by atoms with van der Waals surface area (Å²) in [5.74, 6) is -0.259. The van der Waals surface area contributed by atoms with Gasteiger partial charge < -0.3 is 11.1 Å². The number of nitrogens with zero attached hydrogens (tertiary/aromatic N) is 2. The fourth-order valence-corrected chi connectivity index (χ4v) is 1.92. The molecule has 1 aromatic heterocycles. The third-order valence-corrected chi connectivity index (χ3v) is 2.87. The van der Waals surface area contributed by atoms with Crippen LogP contribution >= 0.6 is 0 Å². The van der Waals surface area contributed by atoms with Gasteiger partial charge in [-0.05, 0) is 18.4 Å². The van der Waals surface area contributed by atoms with E-state index in [1.165, 1.54) is 5.56 Å². The first-order chi connectivity index (χ1) is 10.1. The van der Waals surface area contributed by atoms with Crippen molar-refractivity contribution in [3.05, 3.63) is 56.4 Å². The monoisotopic (exact) mass is 289 g/mol. The highest BCUT2D eigenvalue weighted by atomic mass is 16.6. The molecule has 0 aliphatic heterocycles. The van der Waals surface area contributed by atoms with Crippen molar-refractivity contribution < 1.29 is 4.92 Å². The molecule has 110 valence electrons. The van der Waals surface area contributed by atoms with Crippen LogP contribution in [0, 0.1) is 10.1 Å². The molecule has 8 heteroatoms. The zero-order valence-corrected chi connectivity index (χ0v) is 11.2. The molecule has 0 fully saturated rings. The van der Waals surface area contributed by atoms with Crippen LogP contribution in [0.4, 0.5) is 17.5 Å². The van der Waals surface area contributed by atoms with E-state index in [1.807, 2.05) is 30.3 Å². The predicted molar refractivity (Wildman–Crippen MR) is 79.2 cm³/mol. The van der Waals surface area contributed by atoms with Gasteiger partial charge in [0.2, 0.25) is 11.8 Å². The predicted octanol–water partition coefficient (Wildman–Crippen LogP) is 1.30. The summed E-state index contributed by atoms with van der Waals surface area (Å²) < 4.78 is 0. The summed E-state index contributed by atoms with van der Waals surface area (Å²) in [7, 11) is 0. The lowest BCUT2D eigenvalue weighted by atomic mass is 10.1. The van der Waals surface area contributed by atoms with Crippen LogP contribution < -0.4 is 16.6 Å². The second-order valence-electron chi connectivity index (χ2n) is 4.42. The van der Waals surface area contributed by atoms with Gasteiger partial charge in [0.25, 0.3) is 0 Å². The molecule has 2 rings (SSSR count). The number of nitrogens with two attached hydrogens (primary N) is 1. The zero-order valence-electron chi connectivity index (χ0n) is 11.2. The van der Waals surface area contributed by atoms with Gasteiger partial charge in [0.05, 0.1) is 4.92 Å². The largest absolute Gasteiger partial charge is 0.375 e. The normalized spacial score (nSPS) is 10.3. The number of hydrogen-bond acceptors (Lipinski definition) is 6. The molecule has 1 aromatic carbocycles. The number of aromatic amines is 1. The SMILES string of the molecule is Nc1nc(NCCCc2ccccc2)c([N+](=O)[O-])c(=O)[nH]1. The van der Waals surface area contributed by atoms with Crippen molar-refractivity contribution in [3.8, 4) is 0 Å².